The van der Waals surface area contributed by atoms with Crippen LogP contribution in [0.1, 0.15) is 35.1 Å². The molecular formula is C42H34N2. The second kappa shape index (κ2) is 10.7. The number of allylic oxidation sites excluding steroid dienone is 5. The van der Waals surface area contributed by atoms with Crippen LogP contribution in [0.5, 0.6) is 0 Å². The Hall–Kier alpha value is -5.34. The van der Waals surface area contributed by atoms with E-state index in [9.17, 15) is 0 Å². The van der Waals surface area contributed by atoms with E-state index < -0.39 is 0 Å². The van der Waals surface area contributed by atoms with Gasteiger partial charge in [-0.1, -0.05) is 115 Å². The molecule has 2 unspecified atom stereocenters. The SMILES string of the molecule is CC1(N(c2ccccc2)c2ccccc2)C=Cc2ccc3c4c2C1C=CC4=CC=C(N(c1ccccc1)c1ccccc1)C3. The van der Waals surface area contributed by atoms with Gasteiger partial charge in [0, 0.05) is 40.8 Å². The number of benzene rings is 5. The van der Waals surface area contributed by atoms with E-state index in [1.54, 1.807) is 0 Å². The molecule has 0 fully saturated rings. The van der Waals surface area contributed by atoms with E-state index in [1.165, 1.54) is 56.3 Å². The zero-order chi connectivity index (χ0) is 29.5. The molecule has 0 N–H and O–H groups in total. The zero-order valence-corrected chi connectivity index (χ0v) is 24.8. The van der Waals surface area contributed by atoms with Crippen molar-refractivity contribution in [1.82, 2.24) is 0 Å². The lowest BCUT2D eigenvalue weighted by molar-refractivity contribution is 0.504. The maximum atomic E-state index is 2.52. The Morgan fingerprint density at radius 2 is 1.14 bits per heavy atom. The molecule has 3 aliphatic rings. The average molecular weight is 567 g/mol. The van der Waals surface area contributed by atoms with Crippen LogP contribution in [0.25, 0.3) is 11.6 Å². The van der Waals surface area contributed by atoms with Crippen molar-refractivity contribution in [2.45, 2.75) is 24.8 Å². The maximum Gasteiger partial charge on any atom is 0.0712 e. The topological polar surface area (TPSA) is 6.48 Å². The van der Waals surface area contributed by atoms with Crippen molar-refractivity contribution in [1.29, 1.82) is 0 Å². The Bertz CT molecular complexity index is 1860. The molecule has 5 aromatic carbocycles. The molecule has 0 bridgehead atoms. The summed E-state index contributed by atoms with van der Waals surface area (Å²) in [6.07, 6.45) is 15.1. The predicted molar refractivity (Wildman–Crippen MR) is 186 cm³/mol. The third-order valence-electron chi connectivity index (χ3n) is 9.32. The van der Waals surface area contributed by atoms with Crippen LogP contribution in [0.4, 0.5) is 22.7 Å². The van der Waals surface area contributed by atoms with Gasteiger partial charge in [0.15, 0.2) is 0 Å². The van der Waals surface area contributed by atoms with Crippen LogP contribution >= 0.6 is 0 Å². The van der Waals surface area contributed by atoms with Crippen molar-refractivity contribution in [3.63, 3.8) is 0 Å². The minimum absolute atomic E-state index is 0.177. The van der Waals surface area contributed by atoms with Gasteiger partial charge < -0.3 is 9.80 Å². The summed E-state index contributed by atoms with van der Waals surface area (Å²) in [6.45, 7) is 2.39. The van der Waals surface area contributed by atoms with Crippen LogP contribution in [0, 0.1) is 0 Å². The summed E-state index contributed by atoms with van der Waals surface area (Å²) in [5.41, 5.74) is 12.5. The number of rotatable bonds is 6. The lowest BCUT2D eigenvalue weighted by Gasteiger charge is -2.49. The van der Waals surface area contributed by atoms with Crippen LogP contribution < -0.4 is 9.80 Å². The third-order valence-corrected chi connectivity index (χ3v) is 9.32. The fourth-order valence-corrected chi connectivity index (χ4v) is 7.32. The molecule has 0 saturated carbocycles. The molecule has 0 saturated heterocycles. The molecule has 0 aliphatic heterocycles. The fourth-order valence-electron chi connectivity index (χ4n) is 7.32. The highest BCUT2D eigenvalue weighted by molar-refractivity contribution is 5.88. The first-order valence-electron chi connectivity index (χ1n) is 15.5. The minimum atomic E-state index is -0.310. The Balaban J connectivity index is 1.26. The van der Waals surface area contributed by atoms with E-state index in [2.05, 4.69) is 187 Å². The standard InChI is InChI=1S/C42H34N2/c1-42(44(36-18-10-4-11-19-36)37-20-12-5-13-21-37)29-28-32-22-23-33-30-38(26-24-31-25-27-39(42)41(32)40(31)33)43(34-14-6-2-7-15-34)35-16-8-3-9-17-35/h2-29,39H,30H2,1H3. The van der Waals surface area contributed by atoms with Crippen molar-refractivity contribution in [3.8, 4) is 0 Å². The Morgan fingerprint density at radius 1 is 0.591 bits per heavy atom. The van der Waals surface area contributed by atoms with Crippen molar-refractivity contribution in [2.75, 3.05) is 9.80 Å². The molecule has 0 radical (unpaired) electrons. The van der Waals surface area contributed by atoms with Crippen molar-refractivity contribution >= 4 is 34.4 Å². The number of anilines is 4. The molecule has 5 aromatic rings. The minimum Gasteiger partial charge on any atom is -0.331 e. The van der Waals surface area contributed by atoms with Gasteiger partial charge in [0.25, 0.3) is 0 Å². The molecule has 3 aliphatic carbocycles. The lowest BCUT2D eigenvalue weighted by atomic mass is 9.67. The summed E-state index contributed by atoms with van der Waals surface area (Å²) in [4.78, 5) is 4.92. The maximum absolute atomic E-state index is 2.52. The van der Waals surface area contributed by atoms with Gasteiger partial charge in [-0.25, -0.2) is 0 Å². The number of nitrogens with zero attached hydrogens (tertiary/aromatic N) is 2. The molecule has 0 spiro atoms. The van der Waals surface area contributed by atoms with E-state index in [0.717, 1.165) is 6.42 Å². The van der Waals surface area contributed by atoms with Crippen LogP contribution in [-0.2, 0) is 6.42 Å². The highest BCUT2D eigenvalue weighted by atomic mass is 15.2. The van der Waals surface area contributed by atoms with Crippen LogP contribution in [0.2, 0.25) is 0 Å². The molecule has 0 heterocycles. The smallest absolute Gasteiger partial charge is 0.0712 e. The molecule has 2 nitrogen and oxygen atoms in total. The molecule has 2 atom stereocenters. The van der Waals surface area contributed by atoms with E-state index >= 15 is 0 Å². The van der Waals surface area contributed by atoms with Gasteiger partial charge in [-0.3, -0.25) is 0 Å². The molecule has 0 aromatic heterocycles. The van der Waals surface area contributed by atoms with E-state index in [-0.39, 0.29) is 11.5 Å². The molecule has 44 heavy (non-hydrogen) atoms. The molecule has 212 valence electrons. The van der Waals surface area contributed by atoms with Gasteiger partial charge in [-0.05, 0) is 89.4 Å². The van der Waals surface area contributed by atoms with Gasteiger partial charge in [0.05, 0.1) is 5.54 Å². The summed E-state index contributed by atoms with van der Waals surface area (Å²) in [7, 11) is 0. The van der Waals surface area contributed by atoms with Gasteiger partial charge in [0.1, 0.15) is 0 Å². The van der Waals surface area contributed by atoms with Gasteiger partial charge in [-0.15, -0.1) is 0 Å². The highest BCUT2D eigenvalue weighted by Crippen LogP contribution is 2.52. The Morgan fingerprint density at radius 3 is 1.70 bits per heavy atom. The van der Waals surface area contributed by atoms with Crippen LogP contribution in [0.3, 0.4) is 0 Å². The molecule has 2 heteroatoms. The largest absolute Gasteiger partial charge is 0.331 e. The summed E-state index contributed by atoms with van der Waals surface area (Å²) >= 11 is 0. The monoisotopic (exact) mass is 566 g/mol. The summed E-state index contributed by atoms with van der Waals surface area (Å²) in [5, 5.41) is 0. The third kappa shape index (κ3) is 4.34. The van der Waals surface area contributed by atoms with Gasteiger partial charge >= 0.3 is 0 Å². The second-order valence-electron chi connectivity index (χ2n) is 12.0. The average Bonchev–Trinajstić information content (AvgIpc) is 3.27. The normalized spacial score (nSPS) is 19.3. The van der Waals surface area contributed by atoms with E-state index in [4.69, 9.17) is 0 Å². The fraction of sp³-hybridized carbons (Fsp3) is 0.0952. The molecular weight excluding hydrogens is 532 g/mol. The zero-order valence-electron chi connectivity index (χ0n) is 24.8. The van der Waals surface area contributed by atoms with Crippen LogP contribution in [0.15, 0.2) is 170 Å². The lowest BCUT2D eigenvalue weighted by Crippen LogP contribution is -2.48. The first-order chi connectivity index (χ1) is 21.7. The summed E-state index contributed by atoms with van der Waals surface area (Å²) in [6, 6.07) is 47.8. The Labute approximate surface area is 260 Å². The first kappa shape index (κ1) is 26.3. The van der Waals surface area contributed by atoms with Crippen LogP contribution in [-0.4, -0.2) is 5.54 Å². The summed E-state index contributed by atoms with van der Waals surface area (Å²) in [5.74, 6) is 0.177. The number of hydrogen-bond donors (Lipinski definition) is 0. The number of para-hydroxylation sites is 4. The van der Waals surface area contributed by atoms with Crippen molar-refractivity contribution in [3.05, 3.63) is 192 Å². The van der Waals surface area contributed by atoms with Crippen molar-refractivity contribution < 1.29 is 0 Å². The van der Waals surface area contributed by atoms with E-state index in [1.807, 2.05) is 0 Å². The van der Waals surface area contributed by atoms with E-state index in [0.29, 0.717) is 0 Å². The van der Waals surface area contributed by atoms with Crippen molar-refractivity contribution in [2.24, 2.45) is 0 Å². The second-order valence-corrected chi connectivity index (χ2v) is 12.0. The molecule has 8 rings (SSSR count). The van der Waals surface area contributed by atoms with Gasteiger partial charge in [-0.2, -0.15) is 0 Å². The quantitative estimate of drug-likeness (QED) is 0.202. The summed E-state index contributed by atoms with van der Waals surface area (Å²) < 4.78 is 0. The Kier molecular flexibility index (Phi) is 6.42. The predicted octanol–water partition coefficient (Wildman–Crippen LogP) is 10.6. The number of hydrogen-bond acceptors (Lipinski definition) is 2. The van der Waals surface area contributed by atoms with Gasteiger partial charge in [0.2, 0.25) is 0 Å². The highest BCUT2D eigenvalue weighted by Gasteiger charge is 2.44. The first-order valence-corrected chi connectivity index (χ1v) is 15.5. The molecule has 0 amide bonds.